The Morgan fingerprint density at radius 2 is 0.872 bits per heavy atom. The summed E-state index contributed by atoms with van der Waals surface area (Å²) in [5.41, 5.74) is 0.946. The van der Waals surface area contributed by atoms with E-state index in [1.807, 2.05) is 62.9 Å². The number of likely N-dealkylation sites (N-methyl/N-ethyl adjacent to an activating group) is 2. The average Bonchev–Trinajstić information content (AvgIpc) is 1.70. The Balaban J connectivity index is -0.000000374. The third-order valence-corrected chi connectivity index (χ3v) is 19.9. The van der Waals surface area contributed by atoms with Gasteiger partial charge in [-0.25, -0.2) is 13.2 Å². The molecular formula is C65H109ClN4O32S7. The number of nitrogens with one attached hydrogen (secondary N) is 1. The molecule has 36 nitrogen and oxygen atoms in total. The Kier molecular flexibility index (Phi) is 69.0. The van der Waals surface area contributed by atoms with E-state index in [0.717, 1.165) is 147 Å². The molecule has 4 N–H and O–H groups in total. The van der Waals surface area contributed by atoms with Crippen molar-refractivity contribution >= 4 is 137 Å². The van der Waals surface area contributed by atoms with Gasteiger partial charge in [-0.15, -0.1) is 63.1 Å². The molecule has 109 heavy (non-hydrogen) atoms. The van der Waals surface area contributed by atoms with Gasteiger partial charge in [0.05, 0.1) is 55.1 Å². The van der Waals surface area contributed by atoms with Gasteiger partial charge >= 0.3 is 89.0 Å². The molecule has 7 fully saturated rings. The highest BCUT2D eigenvalue weighted by Crippen LogP contribution is 2.35. The molecule has 5 saturated carbocycles. The van der Waals surface area contributed by atoms with Crippen LogP contribution in [-0.2, 0) is 121 Å². The third kappa shape index (κ3) is 62.4. The second kappa shape index (κ2) is 67.9. The number of ether oxygens (including phenoxy) is 3. The number of unbranched alkanes of at least 4 members (excludes halogenated alkanes) is 2. The second-order valence-corrected chi connectivity index (χ2v) is 30.7. The lowest BCUT2D eigenvalue weighted by Crippen LogP contribution is -2.47. The number of benzene rings is 1. The Hall–Kier alpha value is -6.90. The lowest BCUT2D eigenvalue weighted by atomic mass is 10.1. The van der Waals surface area contributed by atoms with Crippen molar-refractivity contribution in [3.05, 3.63) is 35.9 Å². The van der Waals surface area contributed by atoms with Crippen molar-refractivity contribution in [1.29, 1.82) is 0 Å². The molecule has 630 valence electrons. The molecule has 2 saturated heterocycles. The zero-order valence-corrected chi connectivity index (χ0v) is 69.4. The van der Waals surface area contributed by atoms with Crippen LogP contribution in [0.15, 0.2) is 30.3 Å². The van der Waals surface area contributed by atoms with Crippen LogP contribution in [0.1, 0.15) is 215 Å². The van der Waals surface area contributed by atoms with Crippen molar-refractivity contribution in [3.63, 3.8) is 0 Å². The standard InChI is InChI=1S/C17H24N2O3.C9H18N2O.C9H14O3S.C7H11ClO4S.3C6H10O2.C5H12.5O3S/c1-3-18(4-2)16(20)15-11-8-12-19(15)17(21)22-13-14-9-6-5-7-10-14;1-3-11(4-2)9(12)8-6-5-7-10-8;1-6(10)13-8-4-3-7(5-8)9(11)12-2;1-12-7(9)5-2-3-6(4-5)13(8,10)11;3*7-6(8)5-3-1-2-4-5;1-3-5-4-2;5*1-4(2)3/h5-7,9-10,15H,3-4,8,11-13H2,1-2H3;8,10H,3-7H2,1-2H3;7-8H,3-5H2,1-2H3;5-6H,2-4H2,1H3;3*5H,1-4H2,(H,7,8);3-5H2,1-2H3;;;;;/t15-;8-;7-,8+;5-,6+;;;;;;;;;/m0000........./s1. The number of carboxylic acid groups (broad SMARTS) is 3. The van der Waals surface area contributed by atoms with Crippen LogP contribution < -0.4 is 5.32 Å². The molecule has 0 unspecified atom stereocenters. The summed E-state index contributed by atoms with van der Waals surface area (Å²) in [7, 11) is -11.2. The SMILES string of the molecule is CCCCC.CCN(CC)C(=O)[C@@H]1CCCN1.CCN(CC)C(=O)[C@@H]1CCCN1C(=O)OCc1ccccc1.COC(=O)[C@H]1CC[C@@H](S(=O)(=O)Cl)C1.COC(=O)[C@H]1CC[C@@H](SC(C)=O)C1.O=C(O)C1CCCC1.O=C(O)C1CCCC1.O=C(O)C1CCCC1.O=S(=O)=O.O=S(=O)=O.O=S(=O)=O.O=S(=O)=O.O=S(=O)=O. The normalized spacial score (nSPS) is 18.9. The topological polar surface area (TPSA) is 554 Å². The number of carboxylic acids is 3. The first-order valence-electron chi connectivity index (χ1n) is 35.1. The van der Waals surface area contributed by atoms with Crippen LogP contribution in [0.3, 0.4) is 0 Å². The Morgan fingerprint density at radius 1 is 0.505 bits per heavy atom. The maximum atomic E-state index is 12.5. The minimum absolute atomic E-state index is 0.0156. The molecular weight excluding hydrogens is 1610 g/mol. The second-order valence-electron chi connectivity index (χ2n) is 24.3. The number of carbonyl (C=O) groups is 9. The number of rotatable bonds is 17. The summed E-state index contributed by atoms with van der Waals surface area (Å²) < 4.78 is 163. The quantitative estimate of drug-likeness (QED) is 0.0713. The number of nitrogens with zero attached hydrogens (tertiary/aromatic N) is 3. The van der Waals surface area contributed by atoms with Crippen LogP contribution in [0.5, 0.6) is 0 Å². The van der Waals surface area contributed by atoms with E-state index in [1.165, 1.54) is 45.2 Å². The van der Waals surface area contributed by atoms with Crippen molar-refractivity contribution < 1.29 is 144 Å². The van der Waals surface area contributed by atoms with E-state index in [9.17, 15) is 51.6 Å². The smallest absolute Gasteiger partial charge is 0.425 e. The van der Waals surface area contributed by atoms with E-state index in [2.05, 4.69) is 28.6 Å². The molecule has 6 atom stereocenters. The lowest BCUT2D eigenvalue weighted by Gasteiger charge is -2.28. The van der Waals surface area contributed by atoms with E-state index in [4.69, 9.17) is 93.9 Å². The zero-order valence-electron chi connectivity index (χ0n) is 63.0. The Bertz CT molecular complexity index is 3270. The van der Waals surface area contributed by atoms with E-state index in [1.54, 1.807) is 16.7 Å². The van der Waals surface area contributed by atoms with E-state index in [0.29, 0.717) is 44.1 Å². The molecule has 8 rings (SSSR count). The lowest BCUT2D eigenvalue weighted by molar-refractivity contribution is -0.146. The predicted molar refractivity (Wildman–Crippen MR) is 395 cm³/mol. The molecule has 1 aromatic carbocycles. The van der Waals surface area contributed by atoms with Crippen LogP contribution in [0.2, 0.25) is 0 Å². The number of hydrogen-bond acceptors (Lipinski definition) is 31. The van der Waals surface area contributed by atoms with Crippen molar-refractivity contribution in [2.45, 2.75) is 238 Å². The van der Waals surface area contributed by atoms with Gasteiger partial charge in [0.1, 0.15) is 12.6 Å². The monoisotopic (exact) mass is 1720 g/mol. The minimum atomic E-state index is -3.51. The molecule has 0 aromatic heterocycles. The largest absolute Gasteiger partial charge is 0.481 e. The number of likely N-dealkylation sites (tertiary alicyclic amines) is 1. The highest BCUT2D eigenvalue weighted by atomic mass is 35.7. The highest BCUT2D eigenvalue weighted by molar-refractivity contribution is 8.14. The van der Waals surface area contributed by atoms with Gasteiger partial charge in [-0.1, -0.05) is 114 Å². The van der Waals surface area contributed by atoms with Crippen LogP contribution in [0.4, 0.5) is 4.79 Å². The van der Waals surface area contributed by atoms with Gasteiger partial charge in [0.25, 0.3) is 0 Å². The minimum Gasteiger partial charge on any atom is -0.481 e. The van der Waals surface area contributed by atoms with Crippen LogP contribution in [-0.4, -0.2) is 231 Å². The molecule has 7 aliphatic rings. The number of esters is 2. The van der Waals surface area contributed by atoms with Gasteiger partial charge in [0, 0.05) is 55.6 Å². The van der Waals surface area contributed by atoms with Crippen molar-refractivity contribution in [2.75, 3.05) is 53.5 Å². The van der Waals surface area contributed by atoms with E-state index in [-0.39, 0.29) is 77.1 Å². The molecule has 44 heteroatoms. The number of halogens is 1. The first-order chi connectivity index (χ1) is 51.0. The molecule has 0 radical (unpaired) electrons. The summed E-state index contributed by atoms with van der Waals surface area (Å²) in [4.78, 5) is 105. The van der Waals surface area contributed by atoms with E-state index < -0.39 is 91.3 Å². The molecule has 0 bridgehead atoms. The summed E-state index contributed by atoms with van der Waals surface area (Å²) in [5.74, 6) is -2.34. The molecule has 2 heterocycles. The molecule has 3 amide bonds. The van der Waals surface area contributed by atoms with Gasteiger partial charge < -0.3 is 44.6 Å². The number of hydrogen-bond donors (Lipinski definition) is 4. The first-order valence-corrected chi connectivity index (χ1v) is 43.4. The summed E-state index contributed by atoms with van der Waals surface area (Å²) in [6.07, 6.45) is 23.3. The number of thioether (sulfide) groups is 1. The fraction of sp³-hybridized carbons (Fsp3) is 0.769. The number of carbonyl (C=O) groups excluding carboxylic acids is 6. The van der Waals surface area contributed by atoms with Crippen molar-refractivity contribution in [1.82, 2.24) is 20.0 Å². The van der Waals surface area contributed by atoms with Crippen LogP contribution in [0.25, 0.3) is 0 Å². The molecule has 5 aliphatic carbocycles. The van der Waals surface area contributed by atoms with Crippen molar-refractivity contribution in [3.8, 4) is 0 Å². The Labute approximate surface area is 654 Å². The Morgan fingerprint density at radius 3 is 1.17 bits per heavy atom. The molecule has 2 aliphatic heterocycles. The fourth-order valence-electron chi connectivity index (χ4n) is 11.6. The van der Waals surface area contributed by atoms with Crippen molar-refractivity contribution in [2.24, 2.45) is 29.6 Å². The van der Waals surface area contributed by atoms with Gasteiger partial charge in [0.2, 0.25) is 20.9 Å². The third-order valence-electron chi connectivity index (χ3n) is 16.9. The summed E-state index contributed by atoms with van der Waals surface area (Å²) in [5, 5.41) is 28.3. The maximum Gasteiger partial charge on any atom is 0.425 e. The van der Waals surface area contributed by atoms with Gasteiger partial charge in [0.15, 0.2) is 5.12 Å². The summed E-state index contributed by atoms with van der Waals surface area (Å²) >= 11 is 1.35. The summed E-state index contributed by atoms with van der Waals surface area (Å²) in [6, 6.07) is 9.29. The average molecular weight is 1720 g/mol. The van der Waals surface area contributed by atoms with E-state index >= 15 is 0 Å². The van der Waals surface area contributed by atoms with Gasteiger partial charge in [-0.05, 0) is 143 Å². The van der Waals surface area contributed by atoms with Gasteiger partial charge in [-0.3, -0.25) is 43.3 Å². The van der Waals surface area contributed by atoms with Crippen LogP contribution in [0, 0.1) is 29.6 Å². The van der Waals surface area contributed by atoms with Crippen LogP contribution >= 0.6 is 22.4 Å². The number of amides is 3. The predicted octanol–water partition coefficient (Wildman–Crippen LogP) is 6.73. The highest BCUT2D eigenvalue weighted by Gasteiger charge is 2.38. The maximum absolute atomic E-state index is 12.5. The summed E-state index contributed by atoms with van der Waals surface area (Å²) in [6.45, 7) is 18.8. The van der Waals surface area contributed by atoms with Gasteiger partial charge in [-0.2, -0.15) is 0 Å². The fourth-order valence-corrected chi connectivity index (χ4v) is 14.0. The zero-order chi connectivity index (χ0) is 84.8. The molecule has 1 aromatic rings. The number of aliphatic carboxylic acids is 3. The number of methoxy groups -OCH3 is 2. The molecule has 0 spiro atoms. The first kappa shape index (κ1) is 111.